The fraction of sp³-hybridized carbons (Fsp3) is 0.312. The Hall–Kier alpha value is -5.17. The number of benzene rings is 1. The van der Waals surface area contributed by atoms with Crippen LogP contribution in [-0.4, -0.2) is 57.8 Å². The number of aromatic nitrogens is 8. The second-order valence-corrected chi connectivity index (χ2v) is 12.1. The van der Waals surface area contributed by atoms with Crippen molar-refractivity contribution < 1.29 is 14.3 Å². The molecule has 5 aromatic rings. The third-order valence-electron chi connectivity index (χ3n) is 8.84. The van der Waals surface area contributed by atoms with Gasteiger partial charge in [-0.2, -0.15) is 5.10 Å². The molecule has 0 saturated heterocycles. The van der Waals surface area contributed by atoms with E-state index in [-0.39, 0.29) is 35.6 Å². The number of carbonyl (C=O) groups is 2. The first-order valence-corrected chi connectivity index (χ1v) is 15.4. The second kappa shape index (κ2) is 11.3. The van der Waals surface area contributed by atoms with E-state index in [2.05, 4.69) is 20.7 Å². The van der Waals surface area contributed by atoms with Crippen molar-refractivity contribution >= 4 is 29.2 Å². The lowest BCUT2D eigenvalue weighted by Crippen LogP contribution is -2.34. The van der Waals surface area contributed by atoms with Gasteiger partial charge in [-0.25, -0.2) is 14.5 Å². The van der Waals surface area contributed by atoms with Crippen molar-refractivity contribution in [3.8, 4) is 28.2 Å². The van der Waals surface area contributed by atoms with Crippen LogP contribution in [0, 0.1) is 11.8 Å². The number of amides is 1. The molecule has 1 aliphatic carbocycles. The number of anilines is 1. The molecular formula is C32H30ClN9O4. The normalized spacial score (nSPS) is 20.5. The zero-order valence-electron chi connectivity index (χ0n) is 25.3. The van der Waals surface area contributed by atoms with Crippen molar-refractivity contribution in [1.29, 1.82) is 0 Å². The van der Waals surface area contributed by atoms with E-state index in [1.807, 2.05) is 26.1 Å². The first kappa shape index (κ1) is 29.5. The summed E-state index contributed by atoms with van der Waals surface area (Å²) >= 11 is 6.39. The van der Waals surface area contributed by atoms with Crippen LogP contribution in [0.4, 0.5) is 5.69 Å². The smallest absolute Gasteiger partial charge is 0.360 e. The van der Waals surface area contributed by atoms with Gasteiger partial charge in [0.2, 0.25) is 5.91 Å². The SMILES string of the molecule is CCOC(=O)c1cn(-c2ccc(Cl)cc2-c2cc(=O)n(C34CC3CC[C@@H](C)C(=O)Nc3cnn(C)c3-c3ccnc4c3)cn2)nn1. The lowest BCUT2D eigenvalue weighted by molar-refractivity contribution is -0.119. The summed E-state index contributed by atoms with van der Waals surface area (Å²) in [6.45, 7) is 3.83. The van der Waals surface area contributed by atoms with Gasteiger partial charge in [0.15, 0.2) is 5.69 Å². The monoisotopic (exact) mass is 639 g/mol. The summed E-state index contributed by atoms with van der Waals surface area (Å²) < 4.78 is 9.84. The van der Waals surface area contributed by atoms with Crippen molar-refractivity contribution in [1.82, 2.24) is 39.3 Å². The highest BCUT2D eigenvalue weighted by molar-refractivity contribution is 6.31. The van der Waals surface area contributed by atoms with E-state index in [0.29, 0.717) is 40.5 Å². The van der Waals surface area contributed by atoms with E-state index in [4.69, 9.17) is 26.3 Å². The van der Waals surface area contributed by atoms with E-state index >= 15 is 0 Å². The maximum absolute atomic E-state index is 14.0. The Morgan fingerprint density at radius 3 is 2.80 bits per heavy atom. The molecule has 1 amide bonds. The number of fused-ring (bicyclic) bond motifs is 6. The molecule has 1 saturated carbocycles. The molecule has 2 bridgehead atoms. The maximum Gasteiger partial charge on any atom is 0.360 e. The Balaban J connectivity index is 1.31. The van der Waals surface area contributed by atoms with E-state index in [0.717, 1.165) is 23.4 Å². The van der Waals surface area contributed by atoms with Gasteiger partial charge in [0.1, 0.15) is 0 Å². The number of hydrogen-bond donors (Lipinski definition) is 1. The Labute approximate surface area is 268 Å². The van der Waals surface area contributed by atoms with Crippen molar-refractivity contribution in [2.75, 3.05) is 11.9 Å². The van der Waals surface area contributed by atoms with Crippen LogP contribution in [0.3, 0.4) is 0 Å². The number of hydrogen-bond acceptors (Lipinski definition) is 9. The van der Waals surface area contributed by atoms with Gasteiger partial charge in [-0.3, -0.25) is 23.8 Å². The molecule has 2 aliphatic rings. The third-order valence-corrected chi connectivity index (χ3v) is 9.08. The van der Waals surface area contributed by atoms with Gasteiger partial charge in [-0.1, -0.05) is 23.7 Å². The highest BCUT2D eigenvalue weighted by Gasteiger charge is 2.58. The molecule has 46 heavy (non-hydrogen) atoms. The summed E-state index contributed by atoms with van der Waals surface area (Å²) in [5.74, 6) is -0.832. The molecule has 1 aliphatic heterocycles. The minimum Gasteiger partial charge on any atom is -0.461 e. The van der Waals surface area contributed by atoms with Gasteiger partial charge in [0.25, 0.3) is 5.56 Å². The highest BCUT2D eigenvalue weighted by atomic mass is 35.5. The quantitative estimate of drug-likeness (QED) is 0.278. The Morgan fingerprint density at radius 2 is 2.00 bits per heavy atom. The van der Waals surface area contributed by atoms with Crippen LogP contribution in [0.1, 0.15) is 49.3 Å². The van der Waals surface area contributed by atoms with Crippen LogP contribution in [0.2, 0.25) is 5.02 Å². The Kier molecular flexibility index (Phi) is 7.27. The van der Waals surface area contributed by atoms with Crippen LogP contribution < -0.4 is 10.9 Å². The fourth-order valence-electron chi connectivity index (χ4n) is 6.35. The maximum atomic E-state index is 14.0. The largest absolute Gasteiger partial charge is 0.461 e. The summed E-state index contributed by atoms with van der Waals surface area (Å²) in [5.41, 5.74) is 3.44. The zero-order chi connectivity index (χ0) is 32.2. The van der Waals surface area contributed by atoms with E-state index in [9.17, 15) is 14.4 Å². The fourth-order valence-corrected chi connectivity index (χ4v) is 6.53. The average molecular weight is 640 g/mol. The van der Waals surface area contributed by atoms with Gasteiger partial charge >= 0.3 is 5.97 Å². The van der Waals surface area contributed by atoms with Crippen LogP contribution in [0.15, 0.2) is 66.1 Å². The average Bonchev–Trinajstić information content (AvgIpc) is 3.34. The topological polar surface area (TPSA) is 152 Å². The molecule has 4 aromatic heterocycles. The number of ether oxygens (including phenoxy) is 1. The van der Waals surface area contributed by atoms with Crippen molar-refractivity contribution in [2.24, 2.45) is 18.9 Å². The standard InChI is InChI=1S/C32H30ClN9O4/c1-4-46-31(45)25-16-42(39-38-25)26-8-7-21(33)12-22(26)23-13-28(43)41(17-35-23)32-14-20(32)6-5-18(2)30(44)37-24-15-36-40(3)29(24)19-9-10-34-27(32)11-19/h7-13,15-18,20H,4-6,14H2,1-3H3,(H,37,44)/t18-,20?,32?/m1/s1. The number of esters is 1. The molecule has 1 fully saturated rings. The van der Waals surface area contributed by atoms with Gasteiger partial charge in [0, 0.05) is 41.4 Å². The lowest BCUT2D eigenvalue weighted by Gasteiger charge is -2.23. The number of pyridine rings is 1. The van der Waals surface area contributed by atoms with Gasteiger partial charge in [0.05, 0.1) is 59.3 Å². The molecule has 1 N–H and O–H groups in total. The molecule has 2 unspecified atom stereocenters. The Morgan fingerprint density at radius 1 is 1.15 bits per heavy atom. The van der Waals surface area contributed by atoms with Gasteiger partial charge in [-0.05, 0) is 62.4 Å². The third kappa shape index (κ3) is 4.96. The molecule has 13 nitrogen and oxygen atoms in total. The highest BCUT2D eigenvalue weighted by Crippen LogP contribution is 2.57. The zero-order valence-corrected chi connectivity index (χ0v) is 26.1. The number of nitrogens with zero attached hydrogens (tertiary/aromatic N) is 8. The molecule has 5 heterocycles. The second-order valence-electron chi connectivity index (χ2n) is 11.7. The molecule has 3 atom stereocenters. The van der Waals surface area contributed by atoms with Crippen LogP contribution in [0.5, 0.6) is 0 Å². The first-order chi connectivity index (χ1) is 22.2. The number of rotatable bonds is 5. The van der Waals surface area contributed by atoms with E-state index in [1.54, 1.807) is 53.1 Å². The summed E-state index contributed by atoms with van der Waals surface area (Å²) in [6.07, 6.45) is 8.43. The van der Waals surface area contributed by atoms with Gasteiger partial charge in [-0.15, -0.1) is 5.10 Å². The number of aryl methyl sites for hydroxylation is 1. The van der Waals surface area contributed by atoms with Crippen molar-refractivity contribution in [2.45, 2.75) is 38.6 Å². The summed E-state index contributed by atoms with van der Waals surface area (Å²) in [4.78, 5) is 48.8. The minimum atomic E-state index is -0.732. The van der Waals surface area contributed by atoms with Crippen LogP contribution >= 0.6 is 11.6 Å². The summed E-state index contributed by atoms with van der Waals surface area (Å²) in [5, 5.41) is 15.9. The molecule has 7 rings (SSSR count). The minimum absolute atomic E-state index is 0.0484. The lowest BCUT2D eigenvalue weighted by atomic mass is 9.97. The Bertz CT molecular complexity index is 2070. The van der Waals surface area contributed by atoms with Crippen LogP contribution in [-0.2, 0) is 22.1 Å². The molecule has 1 aromatic carbocycles. The number of nitrogens with one attached hydrogen (secondary N) is 1. The van der Waals surface area contributed by atoms with Crippen molar-refractivity contribution in [3.63, 3.8) is 0 Å². The predicted octanol–water partition coefficient (Wildman–Crippen LogP) is 4.25. The van der Waals surface area contributed by atoms with Crippen molar-refractivity contribution in [3.05, 3.63) is 88.1 Å². The molecular weight excluding hydrogens is 610 g/mol. The van der Waals surface area contributed by atoms with E-state index in [1.165, 1.54) is 16.9 Å². The summed E-state index contributed by atoms with van der Waals surface area (Å²) in [7, 11) is 1.82. The summed E-state index contributed by atoms with van der Waals surface area (Å²) in [6, 6.07) is 10.4. The predicted molar refractivity (Wildman–Crippen MR) is 168 cm³/mol. The number of carbonyl (C=O) groups excluding carboxylic acids is 2. The first-order valence-electron chi connectivity index (χ1n) is 15.0. The van der Waals surface area contributed by atoms with E-state index < -0.39 is 11.5 Å². The van der Waals surface area contributed by atoms with Gasteiger partial charge < -0.3 is 10.1 Å². The number of halogens is 1. The molecule has 0 spiro atoms. The van der Waals surface area contributed by atoms with Crippen LogP contribution in [0.25, 0.3) is 28.2 Å². The molecule has 14 heteroatoms. The molecule has 0 radical (unpaired) electrons. The molecule has 234 valence electrons.